The van der Waals surface area contributed by atoms with Gasteiger partial charge in [0.1, 0.15) is 0 Å². The van der Waals surface area contributed by atoms with Gasteiger partial charge in [0, 0.05) is 17.1 Å². The molecule has 0 aliphatic rings. The predicted molar refractivity (Wildman–Crippen MR) is 89.9 cm³/mol. The van der Waals surface area contributed by atoms with Gasteiger partial charge in [0.05, 0.1) is 0 Å². The largest absolute Gasteiger partial charge is 0.409 e. The summed E-state index contributed by atoms with van der Waals surface area (Å²) < 4.78 is 0. The first-order valence-corrected chi connectivity index (χ1v) is 7.95. The smallest absolute Gasteiger partial charge is 0.170 e. The Labute approximate surface area is 129 Å². The number of amidine groups is 1. The van der Waals surface area contributed by atoms with E-state index in [-0.39, 0.29) is 5.84 Å². The van der Waals surface area contributed by atoms with Gasteiger partial charge in [-0.25, -0.2) is 0 Å². The molecule has 4 heteroatoms. The summed E-state index contributed by atoms with van der Waals surface area (Å²) >= 11 is 1.86. The summed E-state index contributed by atoms with van der Waals surface area (Å²) in [6.07, 6.45) is 0. The van der Waals surface area contributed by atoms with Gasteiger partial charge in [0.15, 0.2) is 5.84 Å². The molecule has 0 radical (unpaired) electrons. The van der Waals surface area contributed by atoms with Crippen LogP contribution in [0, 0.1) is 13.8 Å². The molecule has 0 unspecified atom stereocenters. The number of benzene rings is 2. The van der Waals surface area contributed by atoms with E-state index in [1.807, 2.05) is 30.0 Å². The van der Waals surface area contributed by atoms with Crippen molar-refractivity contribution in [2.24, 2.45) is 10.9 Å². The molecule has 0 saturated heterocycles. The van der Waals surface area contributed by atoms with E-state index >= 15 is 0 Å². The molecular weight excluding hydrogens is 280 g/mol. The van der Waals surface area contributed by atoms with Gasteiger partial charge in [0.2, 0.25) is 0 Å². The molecule has 0 aromatic heterocycles. The fourth-order valence-electron chi connectivity index (χ4n) is 2.32. The van der Waals surface area contributed by atoms with Crippen molar-refractivity contribution in [3.63, 3.8) is 0 Å². The summed E-state index contributed by atoms with van der Waals surface area (Å²) in [5, 5.41) is 11.7. The van der Waals surface area contributed by atoms with Crippen molar-refractivity contribution in [3.8, 4) is 0 Å². The molecule has 21 heavy (non-hydrogen) atoms. The molecule has 0 aliphatic carbocycles. The Hall–Kier alpha value is -1.94. The van der Waals surface area contributed by atoms with E-state index in [1.165, 1.54) is 22.3 Å². The van der Waals surface area contributed by atoms with Crippen molar-refractivity contribution < 1.29 is 5.21 Å². The van der Waals surface area contributed by atoms with Crippen LogP contribution in [0.1, 0.15) is 27.8 Å². The lowest BCUT2D eigenvalue weighted by Crippen LogP contribution is -2.13. The third-order valence-corrected chi connectivity index (χ3v) is 4.22. The number of oxime groups is 1. The summed E-state index contributed by atoms with van der Waals surface area (Å²) in [5.41, 5.74) is 11.5. The first-order valence-electron chi connectivity index (χ1n) is 6.80. The Morgan fingerprint density at radius 1 is 1.05 bits per heavy atom. The minimum atomic E-state index is 0.149. The molecule has 0 amide bonds. The highest BCUT2D eigenvalue weighted by molar-refractivity contribution is 7.97. The molecule has 0 atom stereocenters. The quantitative estimate of drug-likeness (QED) is 0.382. The number of hydrogen-bond acceptors (Lipinski definition) is 3. The van der Waals surface area contributed by atoms with E-state index in [2.05, 4.69) is 43.3 Å². The van der Waals surface area contributed by atoms with Crippen LogP contribution in [0.5, 0.6) is 0 Å². The average Bonchev–Trinajstić information content (AvgIpc) is 2.46. The molecule has 0 bridgehead atoms. The molecule has 110 valence electrons. The van der Waals surface area contributed by atoms with Crippen molar-refractivity contribution in [3.05, 3.63) is 70.3 Å². The van der Waals surface area contributed by atoms with Gasteiger partial charge in [-0.1, -0.05) is 52.7 Å². The molecule has 2 aromatic rings. The summed E-state index contributed by atoms with van der Waals surface area (Å²) in [4.78, 5) is 0. The van der Waals surface area contributed by atoms with Crippen LogP contribution in [-0.2, 0) is 11.5 Å². The topological polar surface area (TPSA) is 58.6 Å². The van der Waals surface area contributed by atoms with Crippen molar-refractivity contribution in [1.29, 1.82) is 0 Å². The second-order valence-electron chi connectivity index (χ2n) is 5.17. The Kier molecular flexibility index (Phi) is 5.28. The van der Waals surface area contributed by atoms with Gasteiger partial charge < -0.3 is 10.9 Å². The Balaban J connectivity index is 1.97. The zero-order valence-corrected chi connectivity index (χ0v) is 13.2. The molecular formula is C17H20N2OS. The van der Waals surface area contributed by atoms with Crippen LogP contribution in [0.15, 0.2) is 47.6 Å². The molecule has 2 aromatic carbocycles. The number of hydrogen-bond donors (Lipinski definition) is 2. The SMILES string of the molecule is Cc1cc(C)cc(CSCc2cccc(/C(N)=N/O)c2)c1. The highest BCUT2D eigenvalue weighted by Gasteiger charge is 2.02. The van der Waals surface area contributed by atoms with Crippen LogP contribution in [-0.4, -0.2) is 11.0 Å². The van der Waals surface area contributed by atoms with Crippen LogP contribution < -0.4 is 5.73 Å². The lowest BCUT2D eigenvalue weighted by Gasteiger charge is -2.06. The van der Waals surface area contributed by atoms with Crippen LogP contribution >= 0.6 is 11.8 Å². The highest BCUT2D eigenvalue weighted by atomic mass is 32.2. The number of thioether (sulfide) groups is 1. The van der Waals surface area contributed by atoms with Crippen LogP contribution in [0.4, 0.5) is 0 Å². The van der Waals surface area contributed by atoms with E-state index in [4.69, 9.17) is 10.9 Å². The molecule has 0 fully saturated rings. The maximum Gasteiger partial charge on any atom is 0.170 e. The second kappa shape index (κ2) is 7.18. The summed E-state index contributed by atoms with van der Waals surface area (Å²) in [6.45, 7) is 4.25. The number of rotatable bonds is 5. The lowest BCUT2D eigenvalue weighted by atomic mass is 10.1. The Morgan fingerprint density at radius 2 is 1.71 bits per heavy atom. The molecule has 2 rings (SSSR count). The molecule has 0 saturated carbocycles. The Morgan fingerprint density at radius 3 is 2.38 bits per heavy atom. The average molecular weight is 300 g/mol. The third-order valence-electron chi connectivity index (χ3n) is 3.15. The maximum atomic E-state index is 8.71. The third kappa shape index (κ3) is 4.53. The van der Waals surface area contributed by atoms with E-state index in [9.17, 15) is 0 Å². The standard InChI is InChI=1S/C17H20N2OS/c1-12-6-13(2)8-15(7-12)11-21-10-14-4-3-5-16(9-14)17(18)19-20/h3-9,20H,10-11H2,1-2H3,(H2,18,19). The van der Waals surface area contributed by atoms with Crippen LogP contribution in [0.2, 0.25) is 0 Å². The van der Waals surface area contributed by atoms with Gasteiger partial charge >= 0.3 is 0 Å². The van der Waals surface area contributed by atoms with E-state index in [0.29, 0.717) is 0 Å². The van der Waals surface area contributed by atoms with Crippen LogP contribution in [0.25, 0.3) is 0 Å². The predicted octanol–water partition coefficient (Wildman–Crippen LogP) is 3.83. The molecule has 3 N–H and O–H groups in total. The highest BCUT2D eigenvalue weighted by Crippen LogP contribution is 2.20. The van der Waals surface area contributed by atoms with Crippen LogP contribution in [0.3, 0.4) is 0 Å². The van der Waals surface area contributed by atoms with Crippen molar-refractivity contribution >= 4 is 17.6 Å². The van der Waals surface area contributed by atoms with Crippen molar-refractivity contribution in [2.45, 2.75) is 25.4 Å². The number of nitrogens with two attached hydrogens (primary N) is 1. The lowest BCUT2D eigenvalue weighted by molar-refractivity contribution is 0.318. The maximum absolute atomic E-state index is 8.71. The Bertz CT molecular complexity index is 633. The zero-order valence-electron chi connectivity index (χ0n) is 12.3. The minimum absolute atomic E-state index is 0.149. The van der Waals surface area contributed by atoms with Gasteiger partial charge in [-0.3, -0.25) is 0 Å². The summed E-state index contributed by atoms with van der Waals surface area (Å²) in [7, 11) is 0. The number of nitrogens with zero attached hydrogens (tertiary/aromatic N) is 1. The van der Waals surface area contributed by atoms with E-state index in [0.717, 1.165) is 17.1 Å². The fraction of sp³-hybridized carbons (Fsp3) is 0.235. The molecule has 0 aliphatic heterocycles. The molecule has 0 heterocycles. The number of aryl methyl sites for hydroxylation is 2. The second-order valence-corrected chi connectivity index (χ2v) is 6.16. The van der Waals surface area contributed by atoms with Gasteiger partial charge in [-0.05, 0) is 31.0 Å². The van der Waals surface area contributed by atoms with E-state index in [1.54, 1.807) is 0 Å². The van der Waals surface area contributed by atoms with Gasteiger partial charge in [-0.2, -0.15) is 11.8 Å². The summed E-state index contributed by atoms with van der Waals surface area (Å²) in [5.74, 6) is 2.03. The monoisotopic (exact) mass is 300 g/mol. The van der Waals surface area contributed by atoms with Gasteiger partial charge in [0.25, 0.3) is 0 Å². The summed E-state index contributed by atoms with van der Waals surface area (Å²) in [6, 6.07) is 14.4. The first-order chi connectivity index (χ1) is 10.1. The van der Waals surface area contributed by atoms with Gasteiger partial charge in [-0.15, -0.1) is 0 Å². The van der Waals surface area contributed by atoms with Crippen molar-refractivity contribution in [1.82, 2.24) is 0 Å². The fourth-order valence-corrected chi connectivity index (χ4v) is 3.24. The normalized spacial score (nSPS) is 11.6. The molecule has 3 nitrogen and oxygen atoms in total. The zero-order chi connectivity index (χ0) is 15.2. The molecule has 0 spiro atoms. The minimum Gasteiger partial charge on any atom is -0.409 e. The van der Waals surface area contributed by atoms with E-state index < -0.39 is 0 Å². The van der Waals surface area contributed by atoms with Crippen molar-refractivity contribution in [2.75, 3.05) is 0 Å². The first kappa shape index (κ1) is 15.4.